The van der Waals surface area contributed by atoms with Crippen molar-refractivity contribution >= 4 is 11.9 Å². The van der Waals surface area contributed by atoms with Crippen LogP contribution in [0.15, 0.2) is 0 Å². The average Bonchev–Trinajstić information content (AvgIpc) is 3.74. The van der Waals surface area contributed by atoms with E-state index in [4.69, 9.17) is 9.47 Å². The number of hydrogen-bond acceptors (Lipinski definition) is 4. The Kier molecular flexibility index (Phi) is 12.9. The van der Waals surface area contributed by atoms with Crippen LogP contribution in [0.2, 0.25) is 0 Å². The third-order valence-electron chi connectivity index (χ3n) is 12.7. The highest BCUT2D eigenvalue weighted by molar-refractivity contribution is 5.76. The topological polar surface area (TPSA) is 52.6 Å². The van der Waals surface area contributed by atoms with Crippen LogP contribution in [0, 0.1) is 34.5 Å². The van der Waals surface area contributed by atoms with Crippen LogP contribution >= 0.6 is 0 Å². The van der Waals surface area contributed by atoms with Gasteiger partial charge in [0.2, 0.25) is 0 Å². The van der Waals surface area contributed by atoms with Crippen LogP contribution in [0.5, 0.6) is 0 Å². The van der Waals surface area contributed by atoms with E-state index in [2.05, 4.69) is 27.7 Å². The first-order chi connectivity index (χ1) is 19.8. The Hall–Kier alpha value is -1.06. The first-order valence-corrected chi connectivity index (χ1v) is 18.3. The van der Waals surface area contributed by atoms with E-state index in [1.165, 1.54) is 116 Å². The van der Waals surface area contributed by atoms with Crippen molar-refractivity contribution in [3.05, 3.63) is 0 Å². The van der Waals surface area contributed by atoms with E-state index in [0.29, 0.717) is 23.7 Å². The Labute approximate surface area is 260 Å². The van der Waals surface area contributed by atoms with Crippen molar-refractivity contribution in [2.24, 2.45) is 34.5 Å². The molecule has 0 radical (unpaired) electrons. The largest absolute Gasteiger partial charge is 0.458 e. The molecular formula is C38H68O4. The van der Waals surface area contributed by atoms with Crippen molar-refractivity contribution in [2.45, 2.75) is 195 Å². The number of esters is 2. The van der Waals surface area contributed by atoms with Gasteiger partial charge in [0, 0.05) is 0 Å². The number of carbonyl (C=O) groups is 2. The van der Waals surface area contributed by atoms with E-state index in [1.54, 1.807) is 0 Å². The van der Waals surface area contributed by atoms with Crippen LogP contribution in [0.4, 0.5) is 0 Å². The minimum atomic E-state index is -0.357. The Bertz CT molecular complexity index is 799. The Morgan fingerprint density at radius 2 is 0.667 bits per heavy atom. The fraction of sp³-hybridized carbons (Fsp3) is 0.947. The molecule has 0 amide bonds. The quantitative estimate of drug-likeness (QED) is 0.238. The van der Waals surface area contributed by atoms with Crippen molar-refractivity contribution in [2.75, 3.05) is 0 Å². The van der Waals surface area contributed by atoms with Gasteiger partial charge in [-0.1, -0.05) is 78.1 Å². The van der Waals surface area contributed by atoms with Crippen molar-refractivity contribution < 1.29 is 19.1 Å². The molecule has 4 nitrogen and oxygen atoms in total. The summed E-state index contributed by atoms with van der Waals surface area (Å²) < 4.78 is 12.6. The van der Waals surface area contributed by atoms with E-state index < -0.39 is 0 Å². The molecule has 0 aromatic rings. The first-order valence-electron chi connectivity index (χ1n) is 18.3. The second kappa shape index (κ2) is 15.3. The SMILES string of the molecule is CCC(C)(C)C(=O)OC(C)(C1CCCC1)C1CCCC1.CCC(C)(C)C(=O)OC(C)(C1CCCCC1)C1CCCCC1. The summed E-state index contributed by atoms with van der Waals surface area (Å²) in [5.41, 5.74) is -1.15. The summed E-state index contributed by atoms with van der Waals surface area (Å²) in [5, 5.41) is 0. The van der Waals surface area contributed by atoms with Crippen LogP contribution in [-0.4, -0.2) is 23.1 Å². The molecule has 4 fully saturated rings. The molecule has 0 saturated heterocycles. The zero-order chi connectivity index (χ0) is 31.0. The predicted molar refractivity (Wildman–Crippen MR) is 174 cm³/mol. The van der Waals surface area contributed by atoms with Gasteiger partial charge in [0.25, 0.3) is 0 Å². The summed E-state index contributed by atoms with van der Waals surface area (Å²) >= 11 is 0. The highest BCUT2D eigenvalue weighted by Crippen LogP contribution is 2.48. The molecule has 0 unspecified atom stereocenters. The molecule has 4 rings (SSSR count). The van der Waals surface area contributed by atoms with Gasteiger partial charge in [-0.25, -0.2) is 0 Å². The lowest BCUT2D eigenvalue weighted by Gasteiger charge is -2.47. The first kappa shape index (κ1) is 35.4. The molecule has 4 saturated carbocycles. The summed E-state index contributed by atoms with van der Waals surface area (Å²) in [6.45, 7) is 16.7. The average molecular weight is 589 g/mol. The maximum Gasteiger partial charge on any atom is 0.312 e. The van der Waals surface area contributed by atoms with Crippen molar-refractivity contribution in [3.8, 4) is 0 Å². The van der Waals surface area contributed by atoms with Gasteiger partial charge in [0.15, 0.2) is 0 Å². The molecule has 0 bridgehead atoms. The van der Waals surface area contributed by atoms with E-state index in [9.17, 15) is 9.59 Å². The van der Waals surface area contributed by atoms with E-state index in [0.717, 1.165) is 12.8 Å². The number of hydrogen-bond donors (Lipinski definition) is 0. The van der Waals surface area contributed by atoms with E-state index >= 15 is 0 Å². The van der Waals surface area contributed by atoms with Gasteiger partial charge in [0.05, 0.1) is 10.8 Å². The van der Waals surface area contributed by atoms with Crippen molar-refractivity contribution in [1.82, 2.24) is 0 Å². The number of rotatable bonds is 10. The molecular weight excluding hydrogens is 520 g/mol. The molecule has 0 aromatic carbocycles. The molecule has 42 heavy (non-hydrogen) atoms. The number of ether oxygens (including phenoxy) is 2. The molecule has 0 aromatic heterocycles. The smallest absolute Gasteiger partial charge is 0.312 e. The highest BCUT2D eigenvalue weighted by Gasteiger charge is 2.49. The second-order valence-electron chi connectivity index (χ2n) is 16.3. The molecule has 4 aliphatic rings. The van der Waals surface area contributed by atoms with Crippen molar-refractivity contribution in [1.29, 1.82) is 0 Å². The molecule has 0 spiro atoms. The zero-order valence-corrected chi connectivity index (χ0v) is 29.1. The fourth-order valence-corrected chi connectivity index (χ4v) is 8.31. The standard InChI is InChI=1S/C20H36O2.C18H32O2/c1-5-19(2,3)18(21)22-20(4,16-12-8-6-9-13-16)17-14-10-7-11-15-17;1-5-17(2,3)16(19)20-18(4,14-10-6-7-11-14)15-12-8-9-13-15/h16-17H,5-15H2,1-4H3;14-15H,5-13H2,1-4H3. The number of carbonyl (C=O) groups excluding carboxylic acids is 2. The minimum absolute atomic E-state index is 0.0151. The van der Waals surface area contributed by atoms with Crippen LogP contribution in [-0.2, 0) is 19.1 Å². The van der Waals surface area contributed by atoms with Gasteiger partial charge in [-0.15, -0.1) is 0 Å². The van der Waals surface area contributed by atoms with Gasteiger partial charge in [-0.2, -0.15) is 0 Å². The predicted octanol–water partition coefficient (Wildman–Crippen LogP) is 11.0. The van der Waals surface area contributed by atoms with Crippen LogP contribution in [0.1, 0.15) is 184 Å². The summed E-state index contributed by atoms with van der Waals surface area (Å²) in [4.78, 5) is 25.4. The maximum absolute atomic E-state index is 12.8. The second-order valence-corrected chi connectivity index (χ2v) is 16.3. The molecule has 4 heteroatoms. The molecule has 4 aliphatic carbocycles. The normalized spacial score (nSPS) is 22.5. The van der Waals surface area contributed by atoms with E-state index in [-0.39, 0.29) is 34.0 Å². The van der Waals surface area contributed by atoms with Gasteiger partial charge in [-0.3, -0.25) is 9.59 Å². The van der Waals surface area contributed by atoms with Gasteiger partial charge >= 0.3 is 11.9 Å². The van der Waals surface area contributed by atoms with Gasteiger partial charge in [0.1, 0.15) is 11.2 Å². The Morgan fingerprint density at radius 3 is 0.881 bits per heavy atom. The van der Waals surface area contributed by atoms with E-state index in [1.807, 2.05) is 27.7 Å². The van der Waals surface area contributed by atoms with Crippen molar-refractivity contribution in [3.63, 3.8) is 0 Å². The van der Waals surface area contributed by atoms with Crippen LogP contribution in [0.25, 0.3) is 0 Å². The maximum atomic E-state index is 12.8. The van der Waals surface area contributed by atoms with Crippen LogP contribution < -0.4 is 0 Å². The summed E-state index contributed by atoms with van der Waals surface area (Å²) in [6.07, 6.45) is 24.8. The highest BCUT2D eigenvalue weighted by atomic mass is 16.6. The monoisotopic (exact) mass is 589 g/mol. The molecule has 0 N–H and O–H groups in total. The lowest BCUT2D eigenvalue weighted by atomic mass is 9.67. The summed E-state index contributed by atoms with van der Waals surface area (Å²) in [6, 6.07) is 0. The van der Waals surface area contributed by atoms with Gasteiger partial charge in [-0.05, 0) is 129 Å². The lowest BCUT2D eigenvalue weighted by Crippen LogP contribution is -2.49. The van der Waals surface area contributed by atoms with Crippen LogP contribution in [0.3, 0.4) is 0 Å². The third kappa shape index (κ3) is 8.56. The summed E-state index contributed by atoms with van der Waals surface area (Å²) in [5.74, 6) is 2.35. The third-order valence-corrected chi connectivity index (χ3v) is 12.7. The molecule has 244 valence electrons. The lowest BCUT2D eigenvalue weighted by molar-refractivity contribution is -0.187. The fourth-order valence-electron chi connectivity index (χ4n) is 8.31. The Morgan fingerprint density at radius 1 is 0.452 bits per heavy atom. The molecule has 0 atom stereocenters. The minimum Gasteiger partial charge on any atom is -0.458 e. The van der Waals surface area contributed by atoms with Gasteiger partial charge < -0.3 is 9.47 Å². The molecule has 0 aliphatic heterocycles. The Balaban J connectivity index is 0.000000231. The summed E-state index contributed by atoms with van der Waals surface area (Å²) in [7, 11) is 0. The molecule has 0 heterocycles. The zero-order valence-electron chi connectivity index (χ0n) is 29.1.